The van der Waals surface area contributed by atoms with Crippen LogP contribution < -0.4 is 0 Å². The zero-order valence-electron chi connectivity index (χ0n) is 13.2. The van der Waals surface area contributed by atoms with Crippen LogP contribution in [0, 0.1) is 0 Å². The van der Waals surface area contributed by atoms with Crippen LogP contribution in [0.15, 0.2) is 24.4 Å². The summed E-state index contributed by atoms with van der Waals surface area (Å²) in [4.78, 5) is 20.6. The molecular weight excluding hydrogens is 266 g/mol. The van der Waals surface area contributed by atoms with Crippen molar-refractivity contribution in [3.63, 3.8) is 0 Å². The summed E-state index contributed by atoms with van der Waals surface area (Å²) in [5, 5.41) is 0. The Kier molecular flexibility index (Phi) is 5.31. The van der Waals surface area contributed by atoms with Crippen molar-refractivity contribution >= 4 is 5.91 Å². The Labute approximate surface area is 126 Å². The van der Waals surface area contributed by atoms with Crippen LogP contribution in [-0.4, -0.2) is 59.1 Å². The van der Waals surface area contributed by atoms with Crippen LogP contribution in [0.3, 0.4) is 0 Å². The molecule has 5 heteroatoms. The Hall–Kier alpha value is -1.46. The molecule has 2 heterocycles. The van der Waals surface area contributed by atoms with Crippen molar-refractivity contribution in [2.75, 3.05) is 32.8 Å². The van der Waals surface area contributed by atoms with E-state index >= 15 is 0 Å². The first kappa shape index (κ1) is 15.9. The molecule has 0 radical (unpaired) electrons. The molecule has 0 aromatic carbocycles. The molecule has 0 aliphatic carbocycles. The molecule has 2 rings (SSSR count). The third-order valence-corrected chi connectivity index (χ3v) is 3.47. The van der Waals surface area contributed by atoms with Gasteiger partial charge in [0.1, 0.15) is 6.61 Å². The third-order valence-electron chi connectivity index (χ3n) is 3.47. The van der Waals surface area contributed by atoms with Crippen molar-refractivity contribution in [1.29, 1.82) is 0 Å². The number of nitrogens with zero attached hydrogens (tertiary/aromatic N) is 3. The zero-order valence-corrected chi connectivity index (χ0v) is 13.2. The maximum Gasteiger partial charge on any atom is 0.248 e. The highest BCUT2D eigenvalue weighted by Gasteiger charge is 2.22. The molecule has 116 valence electrons. The Bertz CT molecular complexity index is 448. The molecule has 0 atom stereocenters. The SMILES string of the molecule is CC(C)(C)OCC(=O)N1CCN(Cc2ccccn2)CC1. The number of aromatic nitrogens is 1. The summed E-state index contributed by atoms with van der Waals surface area (Å²) in [7, 11) is 0. The molecule has 1 aromatic rings. The number of rotatable bonds is 4. The lowest BCUT2D eigenvalue weighted by molar-refractivity contribution is -0.142. The molecule has 1 saturated heterocycles. The lowest BCUT2D eigenvalue weighted by Crippen LogP contribution is -2.49. The molecule has 1 aromatic heterocycles. The normalized spacial score (nSPS) is 17.0. The van der Waals surface area contributed by atoms with E-state index in [1.165, 1.54) is 0 Å². The minimum atomic E-state index is -0.267. The van der Waals surface area contributed by atoms with Crippen LogP contribution in [0.4, 0.5) is 0 Å². The Morgan fingerprint density at radius 3 is 2.52 bits per heavy atom. The van der Waals surface area contributed by atoms with E-state index in [0.29, 0.717) is 0 Å². The summed E-state index contributed by atoms with van der Waals surface area (Å²) in [6, 6.07) is 5.97. The van der Waals surface area contributed by atoms with Crippen LogP contribution in [-0.2, 0) is 16.1 Å². The second-order valence-electron chi connectivity index (χ2n) is 6.38. The summed E-state index contributed by atoms with van der Waals surface area (Å²) in [5.74, 6) is 0.0856. The lowest BCUT2D eigenvalue weighted by Gasteiger charge is -2.35. The first-order chi connectivity index (χ1) is 9.94. The summed E-state index contributed by atoms with van der Waals surface area (Å²) < 4.78 is 5.55. The summed E-state index contributed by atoms with van der Waals surface area (Å²) >= 11 is 0. The molecule has 0 spiro atoms. The average molecular weight is 291 g/mol. The first-order valence-corrected chi connectivity index (χ1v) is 7.48. The van der Waals surface area contributed by atoms with Crippen LogP contribution in [0.25, 0.3) is 0 Å². The van der Waals surface area contributed by atoms with Gasteiger partial charge in [-0.1, -0.05) is 6.07 Å². The standard InChI is InChI=1S/C16H25N3O2/c1-16(2,3)21-13-15(20)19-10-8-18(9-11-19)12-14-6-4-5-7-17-14/h4-7H,8-13H2,1-3H3. The van der Waals surface area contributed by atoms with Crippen LogP contribution in [0.5, 0.6) is 0 Å². The molecule has 0 N–H and O–H groups in total. The Morgan fingerprint density at radius 2 is 1.95 bits per heavy atom. The summed E-state index contributed by atoms with van der Waals surface area (Å²) in [6.45, 7) is 10.2. The van der Waals surface area contributed by atoms with Gasteiger partial charge in [0.15, 0.2) is 0 Å². The number of carbonyl (C=O) groups excluding carboxylic acids is 1. The van der Waals surface area contributed by atoms with Gasteiger partial charge in [0.05, 0.1) is 11.3 Å². The van der Waals surface area contributed by atoms with E-state index in [1.807, 2.05) is 50.1 Å². The Morgan fingerprint density at radius 1 is 1.24 bits per heavy atom. The highest BCUT2D eigenvalue weighted by molar-refractivity contribution is 5.77. The number of ether oxygens (including phenoxy) is 1. The molecular formula is C16H25N3O2. The van der Waals surface area contributed by atoms with Gasteiger partial charge >= 0.3 is 0 Å². The van der Waals surface area contributed by atoms with Crippen molar-refractivity contribution in [2.45, 2.75) is 32.9 Å². The molecule has 1 aliphatic heterocycles. The maximum atomic E-state index is 12.1. The molecule has 5 nitrogen and oxygen atoms in total. The van der Waals surface area contributed by atoms with Crippen molar-refractivity contribution < 1.29 is 9.53 Å². The van der Waals surface area contributed by atoms with E-state index in [4.69, 9.17) is 4.74 Å². The molecule has 0 bridgehead atoms. The van der Waals surface area contributed by atoms with Crippen LogP contribution in [0.2, 0.25) is 0 Å². The van der Waals surface area contributed by atoms with Crippen LogP contribution in [0.1, 0.15) is 26.5 Å². The van der Waals surface area contributed by atoms with Gasteiger partial charge in [0.2, 0.25) is 5.91 Å². The predicted octanol–water partition coefficient (Wildman–Crippen LogP) is 1.54. The van der Waals surface area contributed by atoms with E-state index in [-0.39, 0.29) is 18.1 Å². The van der Waals surface area contributed by atoms with Gasteiger partial charge < -0.3 is 9.64 Å². The first-order valence-electron chi connectivity index (χ1n) is 7.48. The van der Waals surface area contributed by atoms with Crippen molar-refractivity contribution in [3.8, 4) is 0 Å². The minimum Gasteiger partial charge on any atom is -0.366 e. The quantitative estimate of drug-likeness (QED) is 0.844. The summed E-state index contributed by atoms with van der Waals surface area (Å²) in [6.07, 6.45) is 1.82. The second kappa shape index (κ2) is 7.00. The topological polar surface area (TPSA) is 45.7 Å². The molecule has 21 heavy (non-hydrogen) atoms. The highest BCUT2D eigenvalue weighted by atomic mass is 16.5. The fourth-order valence-corrected chi connectivity index (χ4v) is 2.25. The molecule has 0 unspecified atom stereocenters. The van der Waals surface area contributed by atoms with Gasteiger partial charge in [-0.15, -0.1) is 0 Å². The van der Waals surface area contributed by atoms with Gasteiger partial charge in [-0.3, -0.25) is 14.7 Å². The smallest absolute Gasteiger partial charge is 0.248 e. The van der Waals surface area contributed by atoms with E-state index in [1.54, 1.807) is 0 Å². The second-order valence-corrected chi connectivity index (χ2v) is 6.38. The minimum absolute atomic E-state index is 0.0856. The number of carbonyl (C=O) groups is 1. The predicted molar refractivity (Wildman–Crippen MR) is 81.8 cm³/mol. The van der Waals surface area contributed by atoms with Gasteiger partial charge in [-0.25, -0.2) is 0 Å². The van der Waals surface area contributed by atoms with Gasteiger partial charge in [0, 0.05) is 38.9 Å². The molecule has 1 amide bonds. The third kappa shape index (κ3) is 5.44. The monoisotopic (exact) mass is 291 g/mol. The average Bonchev–Trinajstić information content (AvgIpc) is 2.46. The molecule has 1 aliphatic rings. The van der Waals surface area contributed by atoms with Crippen molar-refractivity contribution in [2.24, 2.45) is 0 Å². The number of amides is 1. The maximum absolute atomic E-state index is 12.1. The molecule has 1 fully saturated rings. The molecule has 0 saturated carbocycles. The van der Waals surface area contributed by atoms with Crippen LogP contribution >= 0.6 is 0 Å². The number of pyridine rings is 1. The van der Waals surface area contributed by atoms with Gasteiger partial charge in [-0.05, 0) is 32.9 Å². The number of hydrogen-bond acceptors (Lipinski definition) is 4. The fourth-order valence-electron chi connectivity index (χ4n) is 2.25. The van der Waals surface area contributed by atoms with E-state index in [2.05, 4.69) is 9.88 Å². The Balaban J connectivity index is 1.74. The zero-order chi connectivity index (χ0) is 15.3. The van der Waals surface area contributed by atoms with E-state index in [9.17, 15) is 4.79 Å². The number of hydrogen-bond donors (Lipinski definition) is 0. The largest absolute Gasteiger partial charge is 0.366 e. The van der Waals surface area contributed by atoms with Crippen molar-refractivity contribution in [1.82, 2.24) is 14.8 Å². The lowest BCUT2D eigenvalue weighted by atomic mass is 10.2. The van der Waals surface area contributed by atoms with Gasteiger partial charge in [-0.2, -0.15) is 0 Å². The highest BCUT2D eigenvalue weighted by Crippen LogP contribution is 2.09. The van der Waals surface area contributed by atoms with Gasteiger partial charge in [0.25, 0.3) is 0 Å². The van der Waals surface area contributed by atoms with Crippen molar-refractivity contribution in [3.05, 3.63) is 30.1 Å². The fraction of sp³-hybridized carbons (Fsp3) is 0.625. The number of piperazine rings is 1. The summed E-state index contributed by atoms with van der Waals surface area (Å²) in [5.41, 5.74) is 0.810. The van der Waals surface area contributed by atoms with E-state index in [0.717, 1.165) is 38.4 Å². The van der Waals surface area contributed by atoms with E-state index < -0.39 is 0 Å².